The van der Waals surface area contributed by atoms with Gasteiger partial charge < -0.3 is 10.8 Å². The zero-order valence-corrected chi connectivity index (χ0v) is 9.91. The number of benzene rings is 1. The van der Waals surface area contributed by atoms with Crippen molar-refractivity contribution in [3.05, 3.63) is 35.1 Å². The van der Waals surface area contributed by atoms with Crippen LogP contribution in [0.3, 0.4) is 0 Å². The van der Waals surface area contributed by atoms with E-state index in [2.05, 4.69) is 6.92 Å². The van der Waals surface area contributed by atoms with Crippen LogP contribution in [-0.2, 0) is 0 Å². The number of unbranched alkanes of at least 4 members (excludes halogenated alkanes) is 1. The molecule has 0 spiro atoms. The lowest BCUT2D eigenvalue weighted by atomic mass is 9.97. The third-order valence-corrected chi connectivity index (χ3v) is 2.83. The molecule has 0 saturated heterocycles. The van der Waals surface area contributed by atoms with Crippen LogP contribution in [0.15, 0.2) is 18.2 Å². The molecule has 1 rings (SSSR count). The molecule has 3 N–H and O–H groups in total. The van der Waals surface area contributed by atoms with Gasteiger partial charge >= 0.3 is 0 Å². The van der Waals surface area contributed by atoms with Gasteiger partial charge in [0, 0.05) is 0 Å². The van der Waals surface area contributed by atoms with Gasteiger partial charge in [-0.25, -0.2) is 4.39 Å². The van der Waals surface area contributed by atoms with Gasteiger partial charge in [-0.3, -0.25) is 0 Å². The summed E-state index contributed by atoms with van der Waals surface area (Å²) in [6.45, 7) is 3.77. The molecule has 0 aliphatic carbocycles. The van der Waals surface area contributed by atoms with Crippen LogP contribution in [-0.4, -0.2) is 11.2 Å². The maximum absolute atomic E-state index is 13.1. The van der Waals surface area contributed by atoms with Crippen LogP contribution >= 0.6 is 0 Å². The molecule has 0 radical (unpaired) electrons. The van der Waals surface area contributed by atoms with Crippen LogP contribution in [0.4, 0.5) is 4.39 Å². The van der Waals surface area contributed by atoms with Gasteiger partial charge in [0.25, 0.3) is 0 Å². The number of halogens is 1. The highest BCUT2D eigenvalue weighted by Crippen LogP contribution is 2.20. The van der Waals surface area contributed by atoms with E-state index in [1.165, 1.54) is 6.07 Å². The Morgan fingerprint density at radius 2 is 2.12 bits per heavy atom. The zero-order valence-electron chi connectivity index (χ0n) is 9.91. The molecule has 0 bridgehead atoms. The van der Waals surface area contributed by atoms with Crippen LogP contribution in [0.1, 0.15) is 43.4 Å². The van der Waals surface area contributed by atoms with Crippen molar-refractivity contribution in [2.45, 2.75) is 45.3 Å². The second-order valence-electron chi connectivity index (χ2n) is 4.24. The molecule has 2 atom stereocenters. The molecular formula is C13H20FNO. The van der Waals surface area contributed by atoms with Crippen LogP contribution < -0.4 is 5.73 Å². The Balaban J connectivity index is 2.71. The predicted molar refractivity (Wildman–Crippen MR) is 63.6 cm³/mol. The standard InChI is InChI=1S/C13H20FNO/c1-3-4-5-12(16)13(15)10-6-7-11(14)9(2)8-10/h6-8,12-13,16H,3-5,15H2,1-2H3/t12-,13+/m0/s1. The van der Waals surface area contributed by atoms with E-state index in [0.29, 0.717) is 12.0 Å². The summed E-state index contributed by atoms with van der Waals surface area (Å²) in [7, 11) is 0. The topological polar surface area (TPSA) is 46.2 Å². The zero-order chi connectivity index (χ0) is 12.1. The van der Waals surface area contributed by atoms with Gasteiger partial charge in [-0.2, -0.15) is 0 Å². The molecule has 0 amide bonds. The molecule has 90 valence electrons. The molecule has 3 heteroatoms. The molecular weight excluding hydrogens is 205 g/mol. The molecule has 0 aliphatic rings. The summed E-state index contributed by atoms with van der Waals surface area (Å²) in [6, 6.07) is 4.32. The smallest absolute Gasteiger partial charge is 0.126 e. The highest BCUT2D eigenvalue weighted by atomic mass is 19.1. The number of hydrogen-bond acceptors (Lipinski definition) is 2. The Morgan fingerprint density at radius 1 is 1.44 bits per heavy atom. The van der Waals surface area contributed by atoms with Crippen LogP contribution in [0, 0.1) is 12.7 Å². The van der Waals surface area contributed by atoms with Crippen molar-refractivity contribution >= 4 is 0 Å². The largest absolute Gasteiger partial charge is 0.391 e. The minimum atomic E-state index is -0.551. The van der Waals surface area contributed by atoms with Crippen molar-refractivity contribution in [1.29, 1.82) is 0 Å². The Kier molecular flexibility index (Phi) is 4.90. The van der Waals surface area contributed by atoms with Crippen LogP contribution in [0.25, 0.3) is 0 Å². The summed E-state index contributed by atoms with van der Waals surface area (Å²) in [5.41, 5.74) is 7.29. The maximum Gasteiger partial charge on any atom is 0.126 e. The van der Waals surface area contributed by atoms with E-state index in [4.69, 9.17) is 5.73 Å². The molecule has 0 heterocycles. The molecule has 2 nitrogen and oxygen atoms in total. The van der Waals surface area contributed by atoms with Crippen molar-refractivity contribution in [3.8, 4) is 0 Å². The van der Waals surface area contributed by atoms with E-state index >= 15 is 0 Å². The van der Waals surface area contributed by atoms with Gasteiger partial charge in [-0.15, -0.1) is 0 Å². The SMILES string of the molecule is CCCC[C@H](O)[C@H](N)c1ccc(F)c(C)c1. The van der Waals surface area contributed by atoms with E-state index in [1.54, 1.807) is 19.1 Å². The van der Waals surface area contributed by atoms with Crippen molar-refractivity contribution < 1.29 is 9.50 Å². The van der Waals surface area contributed by atoms with Crippen LogP contribution in [0.5, 0.6) is 0 Å². The first-order chi connectivity index (χ1) is 7.56. The minimum absolute atomic E-state index is 0.237. The average Bonchev–Trinajstić information content (AvgIpc) is 2.28. The molecule has 0 fully saturated rings. The monoisotopic (exact) mass is 225 g/mol. The second-order valence-corrected chi connectivity index (χ2v) is 4.24. The first-order valence-corrected chi connectivity index (χ1v) is 5.76. The second kappa shape index (κ2) is 5.97. The fraction of sp³-hybridized carbons (Fsp3) is 0.538. The number of aryl methyl sites for hydroxylation is 1. The summed E-state index contributed by atoms with van der Waals surface area (Å²) < 4.78 is 13.1. The van der Waals surface area contributed by atoms with Gasteiger partial charge in [0.2, 0.25) is 0 Å². The Hall–Kier alpha value is -0.930. The highest BCUT2D eigenvalue weighted by molar-refractivity contribution is 5.26. The van der Waals surface area contributed by atoms with Crippen molar-refractivity contribution in [2.75, 3.05) is 0 Å². The molecule has 0 aromatic heterocycles. The van der Waals surface area contributed by atoms with Crippen molar-refractivity contribution in [2.24, 2.45) is 5.73 Å². The molecule has 0 unspecified atom stereocenters. The Morgan fingerprint density at radius 3 is 2.69 bits per heavy atom. The van der Waals surface area contributed by atoms with E-state index < -0.39 is 12.1 Å². The van der Waals surface area contributed by atoms with Gasteiger partial charge in [0.05, 0.1) is 12.1 Å². The van der Waals surface area contributed by atoms with E-state index in [1.807, 2.05) is 0 Å². The first-order valence-electron chi connectivity index (χ1n) is 5.76. The third-order valence-electron chi connectivity index (χ3n) is 2.83. The molecule has 1 aromatic rings. The van der Waals surface area contributed by atoms with E-state index in [9.17, 15) is 9.50 Å². The van der Waals surface area contributed by atoms with Gasteiger partial charge in [0.1, 0.15) is 5.82 Å². The summed E-state index contributed by atoms with van der Waals surface area (Å²) in [5.74, 6) is -0.237. The number of hydrogen-bond donors (Lipinski definition) is 2. The lowest BCUT2D eigenvalue weighted by Crippen LogP contribution is -2.26. The first kappa shape index (κ1) is 13.1. The fourth-order valence-corrected chi connectivity index (χ4v) is 1.69. The maximum atomic E-state index is 13.1. The van der Waals surface area contributed by atoms with Gasteiger partial charge in [0.15, 0.2) is 0 Å². The average molecular weight is 225 g/mol. The Labute approximate surface area is 96.3 Å². The predicted octanol–water partition coefficient (Wildman–Crippen LogP) is 2.69. The number of rotatable bonds is 5. The number of aliphatic hydroxyl groups excluding tert-OH is 1. The van der Waals surface area contributed by atoms with Gasteiger partial charge in [-0.05, 0) is 30.5 Å². The number of aliphatic hydroxyl groups is 1. The van der Waals surface area contributed by atoms with E-state index in [0.717, 1.165) is 18.4 Å². The summed E-state index contributed by atoms with van der Waals surface area (Å²) in [5, 5.41) is 9.84. The normalized spacial score (nSPS) is 14.8. The molecule has 0 saturated carbocycles. The van der Waals surface area contributed by atoms with Crippen LogP contribution in [0.2, 0.25) is 0 Å². The van der Waals surface area contributed by atoms with Crippen molar-refractivity contribution in [3.63, 3.8) is 0 Å². The highest BCUT2D eigenvalue weighted by Gasteiger charge is 2.16. The van der Waals surface area contributed by atoms with E-state index in [-0.39, 0.29) is 5.82 Å². The molecule has 16 heavy (non-hydrogen) atoms. The lowest BCUT2D eigenvalue weighted by molar-refractivity contribution is 0.132. The third kappa shape index (κ3) is 3.29. The quantitative estimate of drug-likeness (QED) is 0.809. The Bertz CT molecular complexity index is 341. The van der Waals surface area contributed by atoms with Crippen molar-refractivity contribution in [1.82, 2.24) is 0 Å². The summed E-state index contributed by atoms with van der Waals surface area (Å²) >= 11 is 0. The number of nitrogens with two attached hydrogens (primary N) is 1. The minimum Gasteiger partial charge on any atom is -0.391 e. The van der Waals surface area contributed by atoms with Gasteiger partial charge in [-0.1, -0.05) is 31.9 Å². The fourth-order valence-electron chi connectivity index (χ4n) is 1.69. The summed E-state index contributed by atoms with van der Waals surface area (Å²) in [6.07, 6.45) is 2.12. The summed E-state index contributed by atoms with van der Waals surface area (Å²) in [4.78, 5) is 0. The lowest BCUT2D eigenvalue weighted by Gasteiger charge is -2.19. The molecule has 0 aliphatic heterocycles. The molecule has 1 aromatic carbocycles.